The van der Waals surface area contributed by atoms with Crippen molar-refractivity contribution in [1.82, 2.24) is 0 Å². The summed E-state index contributed by atoms with van der Waals surface area (Å²) in [6, 6.07) is 0. The highest BCUT2D eigenvalue weighted by molar-refractivity contribution is 4.93. The highest BCUT2D eigenvalue weighted by Gasteiger charge is 2.47. The Morgan fingerprint density at radius 2 is 1.89 bits per heavy atom. The van der Waals surface area contributed by atoms with Gasteiger partial charge in [0.1, 0.15) is 6.10 Å². The first kappa shape index (κ1) is 15.2. The van der Waals surface area contributed by atoms with Crippen molar-refractivity contribution >= 4 is 0 Å². The number of rotatable bonds is 3. The van der Waals surface area contributed by atoms with Gasteiger partial charge in [-0.25, -0.2) is 0 Å². The third-order valence-corrected chi connectivity index (χ3v) is 4.03. The van der Waals surface area contributed by atoms with Gasteiger partial charge in [-0.15, -0.1) is 0 Å². The van der Waals surface area contributed by atoms with E-state index >= 15 is 0 Å². The van der Waals surface area contributed by atoms with Crippen molar-refractivity contribution in [2.75, 3.05) is 13.2 Å². The average molecular weight is 274 g/mol. The monoisotopic (exact) mass is 274 g/mol. The van der Waals surface area contributed by atoms with E-state index in [-0.39, 0.29) is 30.3 Å². The van der Waals surface area contributed by atoms with Crippen molar-refractivity contribution in [1.29, 1.82) is 0 Å². The standard InChI is InChI=1S/C14H26O5/c1-13(2)6-5-9(10(16)7-15)12(19-13)11-8-17-14(3,4)18-11/h9-12,15-16H,5-8H2,1-4H3/t9-,10+,11-,12-/m1/s1. The molecule has 2 aliphatic rings. The molecule has 2 saturated heterocycles. The Labute approximate surface area is 114 Å². The molecule has 5 heteroatoms. The zero-order chi connectivity index (χ0) is 14.3. The van der Waals surface area contributed by atoms with Crippen LogP contribution < -0.4 is 0 Å². The number of aliphatic hydroxyl groups excluding tert-OH is 2. The molecule has 2 fully saturated rings. The van der Waals surface area contributed by atoms with Crippen molar-refractivity contribution in [3.63, 3.8) is 0 Å². The molecule has 2 heterocycles. The lowest BCUT2D eigenvalue weighted by Gasteiger charge is -2.44. The van der Waals surface area contributed by atoms with Gasteiger partial charge >= 0.3 is 0 Å². The van der Waals surface area contributed by atoms with Gasteiger partial charge in [0.25, 0.3) is 0 Å². The fourth-order valence-corrected chi connectivity index (χ4v) is 2.97. The maximum atomic E-state index is 9.99. The SMILES string of the molecule is CC1(C)CC[C@H]([C@@H](O)CO)[C@H]([C@H]2COC(C)(C)O2)O1. The maximum Gasteiger partial charge on any atom is 0.163 e. The van der Waals surface area contributed by atoms with Gasteiger partial charge in [-0.3, -0.25) is 0 Å². The van der Waals surface area contributed by atoms with E-state index in [0.29, 0.717) is 6.61 Å². The van der Waals surface area contributed by atoms with Crippen LogP contribution in [0, 0.1) is 5.92 Å². The number of ether oxygens (including phenoxy) is 3. The first-order valence-electron chi connectivity index (χ1n) is 7.03. The number of hydrogen-bond acceptors (Lipinski definition) is 5. The Morgan fingerprint density at radius 3 is 2.42 bits per heavy atom. The Bertz CT molecular complexity index is 315. The molecule has 5 nitrogen and oxygen atoms in total. The lowest BCUT2D eigenvalue weighted by atomic mass is 9.81. The minimum atomic E-state index is -0.770. The minimum Gasteiger partial charge on any atom is -0.394 e. The van der Waals surface area contributed by atoms with E-state index in [1.54, 1.807) is 0 Å². The maximum absolute atomic E-state index is 9.99. The van der Waals surface area contributed by atoms with E-state index < -0.39 is 11.9 Å². The highest BCUT2D eigenvalue weighted by atomic mass is 16.7. The third-order valence-electron chi connectivity index (χ3n) is 4.03. The van der Waals surface area contributed by atoms with Gasteiger partial charge in [0.15, 0.2) is 5.79 Å². The van der Waals surface area contributed by atoms with Crippen LogP contribution in [0.5, 0.6) is 0 Å². The second kappa shape index (κ2) is 5.30. The predicted octanol–water partition coefficient (Wildman–Crippen LogP) is 1.06. The van der Waals surface area contributed by atoms with E-state index in [4.69, 9.17) is 14.2 Å². The van der Waals surface area contributed by atoms with Crippen LogP contribution in [0.15, 0.2) is 0 Å². The van der Waals surface area contributed by atoms with Gasteiger partial charge in [0, 0.05) is 5.92 Å². The molecule has 2 rings (SSSR count). The summed E-state index contributed by atoms with van der Waals surface area (Å²) in [7, 11) is 0. The van der Waals surface area contributed by atoms with E-state index in [1.165, 1.54) is 0 Å². The van der Waals surface area contributed by atoms with Crippen LogP contribution in [-0.4, -0.2) is 53.1 Å². The molecule has 0 saturated carbocycles. The van der Waals surface area contributed by atoms with Gasteiger partial charge < -0.3 is 24.4 Å². The number of hydrogen-bond donors (Lipinski definition) is 2. The summed E-state index contributed by atoms with van der Waals surface area (Å²) in [4.78, 5) is 0. The fraction of sp³-hybridized carbons (Fsp3) is 1.00. The molecule has 0 amide bonds. The van der Waals surface area contributed by atoms with Gasteiger partial charge in [-0.2, -0.15) is 0 Å². The van der Waals surface area contributed by atoms with Crippen LogP contribution in [-0.2, 0) is 14.2 Å². The molecule has 0 aromatic rings. The third kappa shape index (κ3) is 3.47. The van der Waals surface area contributed by atoms with Crippen LogP contribution in [0.2, 0.25) is 0 Å². The molecule has 112 valence electrons. The zero-order valence-corrected chi connectivity index (χ0v) is 12.3. The zero-order valence-electron chi connectivity index (χ0n) is 12.3. The van der Waals surface area contributed by atoms with Crippen molar-refractivity contribution in [2.24, 2.45) is 5.92 Å². The van der Waals surface area contributed by atoms with Crippen LogP contribution >= 0.6 is 0 Å². The van der Waals surface area contributed by atoms with Crippen LogP contribution in [0.1, 0.15) is 40.5 Å². The second-order valence-corrected chi connectivity index (χ2v) is 6.66. The van der Waals surface area contributed by atoms with Crippen LogP contribution in [0.3, 0.4) is 0 Å². The summed E-state index contributed by atoms with van der Waals surface area (Å²) in [6.07, 6.45) is 0.476. The first-order valence-corrected chi connectivity index (χ1v) is 7.03. The molecule has 19 heavy (non-hydrogen) atoms. The van der Waals surface area contributed by atoms with Gasteiger partial charge in [0.05, 0.1) is 31.0 Å². The molecule has 0 unspecified atom stereocenters. The molecule has 0 aromatic carbocycles. The Balaban J connectivity index is 2.12. The average Bonchev–Trinajstić information content (AvgIpc) is 2.67. The summed E-state index contributed by atoms with van der Waals surface area (Å²) < 4.78 is 17.6. The topological polar surface area (TPSA) is 68.2 Å². The lowest BCUT2D eigenvalue weighted by molar-refractivity contribution is -0.214. The minimum absolute atomic E-state index is 0.111. The normalized spacial score (nSPS) is 39.2. The summed E-state index contributed by atoms with van der Waals surface area (Å²) in [6.45, 7) is 8.05. The summed E-state index contributed by atoms with van der Waals surface area (Å²) >= 11 is 0. The van der Waals surface area contributed by atoms with Gasteiger partial charge in [0.2, 0.25) is 0 Å². The number of aliphatic hydroxyl groups is 2. The van der Waals surface area contributed by atoms with Gasteiger partial charge in [-0.1, -0.05) is 0 Å². The molecule has 2 aliphatic heterocycles. The van der Waals surface area contributed by atoms with Gasteiger partial charge in [-0.05, 0) is 40.5 Å². The van der Waals surface area contributed by atoms with Crippen molar-refractivity contribution < 1.29 is 24.4 Å². The molecule has 0 aromatic heterocycles. The quantitative estimate of drug-likeness (QED) is 0.805. The Kier molecular flexibility index (Phi) is 4.23. The molecular formula is C14H26O5. The van der Waals surface area contributed by atoms with Crippen LogP contribution in [0.25, 0.3) is 0 Å². The second-order valence-electron chi connectivity index (χ2n) is 6.66. The predicted molar refractivity (Wildman–Crippen MR) is 69.7 cm³/mol. The Morgan fingerprint density at radius 1 is 1.21 bits per heavy atom. The van der Waals surface area contributed by atoms with E-state index in [2.05, 4.69) is 0 Å². The summed E-state index contributed by atoms with van der Waals surface area (Å²) in [5.74, 6) is -0.717. The summed E-state index contributed by atoms with van der Waals surface area (Å²) in [5, 5.41) is 19.2. The van der Waals surface area contributed by atoms with Crippen LogP contribution in [0.4, 0.5) is 0 Å². The molecule has 0 radical (unpaired) electrons. The first-order chi connectivity index (χ1) is 8.74. The van der Waals surface area contributed by atoms with E-state index in [1.807, 2.05) is 27.7 Å². The molecule has 2 N–H and O–H groups in total. The fourth-order valence-electron chi connectivity index (χ4n) is 2.97. The van der Waals surface area contributed by atoms with Crippen molar-refractivity contribution in [3.05, 3.63) is 0 Å². The summed E-state index contributed by atoms with van der Waals surface area (Å²) in [5.41, 5.74) is -0.230. The smallest absolute Gasteiger partial charge is 0.163 e. The van der Waals surface area contributed by atoms with Crippen molar-refractivity contribution in [2.45, 2.75) is 70.2 Å². The van der Waals surface area contributed by atoms with E-state index in [9.17, 15) is 10.2 Å². The van der Waals surface area contributed by atoms with Crippen molar-refractivity contribution in [3.8, 4) is 0 Å². The molecule has 4 atom stereocenters. The molecule has 0 bridgehead atoms. The lowest BCUT2D eigenvalue weighted by Crippen LogP contribution is -2.52. The molecule has 0 aliphatic carbocycles. The highest BCUT2D eigenvalue weighted by Crippen LogP contribution is 2.39. The molecular weight excluding hydrogens is 248 g/mol. The Hall–Kier alpha value is -0.200. The van der Waals surface area contributed by atoms with E-state index in [0.717, 1.165) is 12.8 Å². The largest absolute Gasteiger partial charge is 0.394 e. The molecule has 0 spiro atoms.